The second kappa shape index (κ2) is 43.5. The normalized spacial score (nSPS) is 12.3. The molecule has 354 valence electrons. The number of carbonyl (C=O) groups is 2. The molecule has 0 aromatic carbocycles. The summed E-state index contributed by atoms with van der Waals surface area (Å²) in [5, 5.41) is 0. The molecule has 0 saturated carbocycles. The summed E-state index contributed by atoms with van der Waals surface area (Å²) in [5.41, 5.74) is 0. The van der Waals surface area contributed by atoms with E-state index in [9.17, 15) is 19.0 Å². The van der Waals surface area contributed by atoms with E-state index in [1.165, 1.54) is 83.5 Å². The molecule has 0 aliphatic heterocycles. The summed E-state index contributed by atoms with van der Waals surface area (Å²) < 4.78 is 34.3. The molecule has 0 aliphatic carbocycles. The average molecular weight is 887 g/mol. The van der Waals surface area contributed by atoms with E-state index in [0.717, 1.165) is 96.3 Å². The van der Waals surface area contributed by atoms with Gasteiger partial charge in [0.15, 0.2) is 6.10 Å². The van der Waals surface area contributed by atoms with Crippen LogP contribution < -0.4 is 0 Å². The monoisotopic (exact) mass is 887 g/mol. The summed E-state index contributed by atoms with van der Waals surface area (Å²) in [5.74, 6) is 23.7. The van der Waals surface area contributed by atoms with E-state index in [2.05, 4.69) is 61.2 Å². The molecule has 0 radical (unpaired) electrons. The van der Waals surface area contributed by atoms with Gasteiger partial charge in [-0.25, -0.2) is 4.57 Å². The number of esters is 2. The molecule has 10 heteroatoms. The predicted octanol–water partition coefficient (Wildman–Crippen LogP) is 12.8. The first kappa shape index (κ1) is 59.2. The Labute approximate surface area is 380 Å². The van der Waals surface area contributed by atoms with E-state index in [0.29, 0.717) is 23.9 Å². The Balaban J connectivity index is 4.37. The Kier molecular flexibility index (Phi) is 41.6. The van der Waals surface area contributed by atoms with Gasteiger partial charge in [-0.3, -0.25) is 18.6 Å². The molecular formula is C52H89NO8P+. The Morgan fingerprint density at radius 3 is 1.24 bits per heavy atom. The minimum atomic E-state index is -4.40. The van der Waals surface area contributed by atoms with Gasteiger partial charge < -0.3 is 18.9 Å². The van der Waals surface area contributed by atoms with Gasteiger partial charge >= 0.3 is 19.8 Å². The standard InChI is InChI=1S/C52H88NO8P/c1-6-8-10-12-14-16-18-20-22-24-26-28-30-32-34-36-38-40-42-44-51(54)58-48-50(49-60-62(56,57)59-47-46-53(3,4)5)61-52(55)45-43-41-39-37-35-33-31-29-27-25-23-21-19-17-15-13-11-9-7-2/h50H,6-21,30-49H2,1-5H3/p+1/t50-/m1/s1. The van der Waals surface area contributed by atoms with E-state index in [4.69, 9.17) is 18.5 Å². The van der Waals surface area contributed by atoms with E-state index < -0.39 is 32.5 Å². The first-order chi connectivity index (χ1) is 30.0. The summed E-state index contributed by atoms with van der Waals surface area (Å²) in [4.78, 5) is 35.5. The second-order valence-electron chi connectivity index (χ2n) is 17.6. The van der Waals surface area contributed by atoms with Crippen LogP contribution in [0.25, 0.3) is 0 Å². The van der Waals surface area contributed by atoms with Gasteiger partial charge in [-0.05, 0) is 62.2 Å². The number of rotatable bonds is 40. The minimum absolute atomic E-state index is 0.0148. The van der Waals surface area contributed by atoms with E-state index in [-0.39, 0.29) is 26.1 Å². The number of hydrogen-bond acceptors (Lipinski definition) is 7. The highest BCUT2D eigenvalue weighted by Crippen LogP contribution is 2.43. The maximum Gasteiger partial charge on any atom is 0.472 e. The molecular weight excluding hydrogens is 798 g/mol. The van der Waals surface area contributed by atoms with Crippen molar-refractivity contribution in [3.05, 3.63) is 0 Å². The van der Waals surface area contributed by atoms with Gasteiger partial charge in [-0.15, -0.1) is 0 Å². The Hall–Kier alpha value is -2.75. The molecule has 0 rings (SSSR count). The minimum Gasteiger partial charge on any atom is -0.462 e. The highest BCUT2D eigenvalue weighted by atomic mass is 31.2. The quantitative estimate of drug-likeness (QED) is 0.0213. The average Bonchev–Trinajstić information content (AvgIpc) is 3.23. The van der Waals surface area contributed by atoms with Gasteiger partial charge in [0.25, 0.3) is 0 Å². The lowest BCUT2D eigenvalue weighted by Gasteiger charge is -2.24. The molecule has 0 aliphatic rings. The molecule has 0 bridgehead atoms. The summed E-state index contributed by atoms with van der Waals surface area (Å²) >= 11 is 0. The van der Waals surface area contributed by atoms with Crippen LogP contribution in [0.15, 0.2) is 0 Å². The van der Waals surface area contributed by atoms with Crippen molar-refractivity contribution in [1.82, 2.24) is 0 Å². The number of phosphoric acid groups is 1. The lowest BCUT2D eigenvalue weighted by Crippen LogP contribution is -2.37. The number of unbranched alkanes of at least 4 members (excludes halogenated alkanes) is 26. The predicted molar refractivity (Wildman–Crippen MR) is 256 cm³/mol. The van der Waals surface area contributed by atoms with Crippen LogP contribution >= 0.6 is 7.82 Å². The van der Waals surface area contributed by atoms with Crippen molar-refractivity contribution in [3.8, 4) is 47.4 Å². The first-order valence-corrected chi connectivity index (χ1v) is 26.2. The highest BCUT2D eigenvalue weighted by molar-refractivity contribution is 7.47. The summed E-state index contributed by atoms with van der Waals surface area (Å²) in [6.07, 6.45) is 32.7. The zero-order valence-corrected chi connectivity index (χ0v) is 41.1. The molecule has 0 heterocycles. The fourth-order valence-electron chi connectivity index (χ4n) is 6.41. The molecule has 62 heavy (non-hydrogen) atoms. The van der Waals surface area contributed by atoms with E-state index in [1.54, 1.807) is 0 Å². The van der Waals surface area contributed by atoms with Gasteiger partial charge in [0.1, 0.15) is 19.8 Å². The van der Waals surface area contributed by atoms with Crippen molar-refractivity contribution in [2.24, 2.45) is 0 Å². The molecule has 1 unspecified atom stereocenters. The zero-order valence-electron chi connectivity index (χ0n) is 40.2. The van der Waals surface area contributed by atoms with Gasteiger partial charge in [0, 0.05) is 38.5 Å². The molecule has 1 N–H and O–H groups in total. The van der Waals surface area contributed by atoms with Gasteiger partial charge in [0.05, 0.1) is 27.7 Å². The number of ether oxygens (including phenoxy) is 2. The van der Waals surface area contributed by atoms with Crippen molar-refractivity contribution >= 4 is 19.8 Å². The van der Waals surface area contributed by atoms with Gasteiger partial charge in [-0.1, -0.05) is 166 Å². The fraction of sp³-hybridized carbons (Fsp3) is 0.808. The third-order valence-corrected chi connectivity index (χ3v) is 11.3. The summed E-state index contributed by atoms with van der Waals surface area (Å²) in [7, 11) is 1.42. The van der Waals surface area contributed by atoms with Crippen LogP contribution in [0.1, 0.15) is 219 Å². The topological polar surface area (TPSA) is 108 Å². The fourth-order valence-corrected chi connectivity index (χ4v) is 7.15. The number of quaternary nitrogens is 1. The Morgan fingerprint density at radius 2 is 0.855 bits per heavy atom. The SMILES string of the molecule is CCCCCCCCCC#CC#CCCCCCCCCC(=O)OC[C@H](COP(=O)(O)OCC[N+](C)(C)C)OC(=O)CCCCCCCCC#CC#CCCCCCCCCC. The van der Waals surface area contributed by atoms with Crippen LogP contribution in [-0.2, 0) is 32.7 Å². The highest BCUT2D eigenvalue weighted by Gasteiger charge is 2.27. The lowest BCUT2D eigenvalue weighted by atomic mass is 10.1. The zero-order chi connectivity index (χ0) is 45.7. The number of carbonyl (C=O) groups excluding carboxylic acids is 2. The van der Waals surface area contributed by atoms with Crippen LogP contribution in [0, 0.1) is 47.4 Å². The van der Waals surface area contributed by atoms with Crippen LogP contribution in [0.5, 0.6) is 0 Å². The van der Waals surface area contributed by atoms with Gasteiger partial charge in [-0.2, -0.15) is 0 Å². The number of phosphoric ester groups is 1. The van der Waals surface area contributed by atoms with Gasteiger partial charge in [0.2, 0.25) is 0 Å². The number of hydrogen-bond donors (Lipinski definition) is 1. The van der Waals surface area contributed by atoms with Crippen molar-refractivity contribution in [2.75, 3.05) is 47.5 Å². The summed E-state index contributed by atoms with van der Waals surface area (Å²) in [6.45, 7) is 4.31. The Bertz CT molecular complexity index is 1410. The number of nitrogens with zero attached hydrogens (tertiary/aromatic N) is 1. The maximum absolute atomic E-state index is 12.7. The summed E-state index contributed by atoms with van der Waals surface area (Å²) in [6, 6.07) is 0. The molecule has 2 atom stereocenters. The van der Waals surface area contributed by atoms with E-state index >= 15 is 0 Å². The van der Waals surface area contributed by atoms with Crippen LogP contribution in [0.3, 0.4) is 0 Å². The molecule has 0 saturated heterocycles. The van der Waals surface area contributed by atoms with Crippen LogP contribution in [0.2, 0.25) is 0 Å². The van der Waals surface area contributed by atoms with Crippen molar-refractivity contribution in [1.29, 1.82) is 0 Å². The van der Waals surface area contributed by atoms with Crippen molar-refractivity contribution in [2.45, 2.75) is 225 Å². The lowest BCUT2D eigenvalue weighted by molar-refractivity contribution is -0.870. The molecule has 0 aromatic rings. The van der Waals surface area contributed by atoms with Crippen molar-refractivity contribution < 1.29 is 42.1 Å². The largest absolute Gasteiger partial charge is 0.472 e. The first-order valence-electron chi connectivity index (χ1n) is 24.7. The maximum atomic E-state index is 12.7. The Morgan fingerprint density at radius 1 is 0.500 bits per heavy atom. The van der Waals surface area contributed by atoms with Crippen molar-refractivity contribution in [3.63, 3.8) is 0 Å². The van der Waals surface area contributed by atoms with Crippen LogP contribution in [0.4, 0.5) is 0 Å². The smallest absolute Gasteiger partial charge is 0.462 e. The third-order valence-electron chi connectivity index (χ3n) is 10.3. The molecule has 0 aromatic heterocycles. The van der Waals surface area contributed by atoms with E-state index in [1.807, 2.05) is 21.1 Å². The molecule has 9 nitrogen and oxygen atoms in total. The molecule has 0 spiro atoms. The number of likely N-dealkylation sites (N-methyl/N-ethyl adjacent to an activating group) is 1. The second-order valence-corrected chi connectivity index (χ2v) is 19.1. The van der Waals surface area contributed by atoms with Crippen LogP contribution in [-0.4, -0.2) is 74.9 Å². The third kappa shape index (κ3) is 46.7. The molecule has 0 fully saturated rings. The molecule has 0 amide bonds.